The van der Waals surface area contributed by atoms with Crippen molar-refractivity contribution < 1.29 is 8.42 Å². The smallest absolute Gasteiger partial charge is 0.243 e. The first-order valence-electron chi connectivity index (χ1n) is 6.74. The van der Waals surface area contributed by atoms with Gasteiger partial charge < -0.3 is 5.73 Å². The lowest BCUT2D eigenvalue weighted by Crippen LogP contribution is -2.24. The summed E-state index contributed by atoms with van der Waals surface area (Å²) in [4.78, 5) is 0.162. The number of nitrogens with zero attached hydrogens (tertiary/aromatic N) is 3. The van der Waals surface area contributed by atoms with Gasteiger partial charge in [0, 0.05) is 25.0 Å². The van der Waals surface area contributed by atoms with Crippen LogP contribution >= 0.6 is 0 Å². The molecule has 0 saturated heterocycles. The van der Waals surface area contributed by atoms with E-state index in [1.54, 1.807) is 6.20 Å². The van der Waals surface area contributed by atoms with Crippen molar-refractivity contribution in [2.75, 3.05) is 13.1 Å². The summed E-state index contributed by atoms with van der Waals surface area (Å²) in [7, 11) is -3.51. The zero-order valence-corrected chi connectivity index (χ0v) is 12.7. The number of hydrogen-bond acceptors (Lipinski definition) is 5. The lowest BCUT2D eigenvalue weighted by molar-refractivity contribution is 0.578. The summed E-state index contributed by atoms with van der Waals surface area (Å²) >= 11 is 0. The van der Waals surface area contributed by atoms with E-state index in [0.29, 0.717) is 26.1 Å². The predicted octanol–water partition coefficient (Wildman–Crippen LogP) is -0.216. The van der Waals surface area contributed by atoms with Crippen molar-refractivity contribution in [3.05, 3.63) is 29.8 Å². The van der Waals surface area contributed by atoms with Crippen LogP contribution in [0.3, 0.4) is 0 Å². The molecule has 0 spiro atoms. The van der Waals surface area contributed by atoms with E-state index in [1.807, 2.05) is 6.92 Å². The molecule has 4 N–H and O–H groups in total. The Kier molecular flexibility index (Phi) is 5.10. The van der Waals surface area contributed by atoms with Gasteiger partial charge in [0.15, 0.2) is 0 Å². The van der Waals surface area contributed by atoms with E-state index in [-0.39, 0.29) is 4.90 Å². The number of hydrogen-bond donors (Lipinski definition) is 3. The molecule has 2 heterocycles. The van der Waals surface area contributed by atoms with Crippen LogP contribution in [-0.2, 0) is 23.0 Å². The second-order valence-electron chi connectivity index (χ2n) is 4.75. The second kappa shape index (κ2) is 6.83. The molecule has 9 heteroatoms. The van der Waals surface area contributed by atoms with Crippen LogP contribution in [0, 0.1) is 6.92 Å². The highest BCUT2D eigenvalue weighted by molar-refractivity contribution is 7.89. The molecule has 2 aromatic heterocycles. The second-order valence-corrected chi connectivity index (χ2v) is 6.52. The van der Waals surface area contributed by atoms with Crippen LogP contribution in [-0.4, -0.2) is 41.5 Å². The van der Waals surface area contributed by atoms with E-state index >= 15 is 0 Å². The minimum Gasteiger partial charge on any atom is -0.329 e. The molecule has 0 aliphatic heterocycles. The van der Waals surface area contributed by atoms with Gasteiger partial charge in [-0.25, -0.2) is 13.1 Å². The summed E-state index contributed by atoms with van der Waals surface area (Å²) < 4.78 is 28.2. The molecule has 0 aliphatic rings. The SMILES string of the molecule is Cc1[nH]ncc1CCCNS(=O)(=O)c1cnn(CCN)c1. The number of aromatic nitrogens is 4. The molecular formula is C12H20N6O2S. The molecule has 116 valence electrons. The maximum atomic E-state index is 12.1. The summed E-state index contributed by atoms with van der Waals surface area (Å²) in [5, 5.41) is 10.7. The molecule has 0 bridgehead atoms. The monoisotopic (exact) mass is 312 g/mol. The number of rotatable bonds is 8. The fourth-order valence-electron chi connectivity index (χ4n) is 1.93. The van der Waals surface area contributed by atoms with Crippen molar-refractivity contribution in [2.24, 2.45) is 5.73 Å². The number of aryl methyl sites for hydroxylation is 2. The molecule has 0 unspecified atom stereocenters. The van der Waals surface area contributed by atoms with Crippen LogP contribution in [0.5, 0.6) is 0 Å². The molecule has 21 heavy (non-hydrogen) atoms. The summed E-state index contributed by atoms with van der Waals surface area (Å²) in [5.41, 5.74) is 7.52. The van der Waals surface area contributed by atoms with Crippen molar-refractivity contribution in [3.8, 4) is 0 Å². The van der Waals surface area contributed by atoms with Gasteiger partial charge in [-0.3, -0.25) is 9.78 Å². The molecule has 0 fully saturated rings. The molecule has 0 radical (unpaired) electrons. The zero-order chi connectivity index (χ0) is 15.3. The van der Waals surface area contributed by atoms with Gasteiger partial charge in [0.25, 0.3) is 0 Å². The van der Waals surface area contributed by atoms with E-state index in [4.69, 9.17) is 5.73 Å². The molecule has 0 amide bonds. The van der Waals surface area contributed by atoms with E-state index in [9.17, 15) is 8.42 Å². The molecule has 0 atom stereocenters. The predicted molar refractivity (Wildman–Crippen MR) is 78.1 cm³/mol. The Balaban J connectivity index is 1.84. The molecule has 0 aromatic carbocycles. The fourth-order valence-corrected chi connectivity index (χ4v) is 2.96. The summed E-state index contributed by atoms with van der Waals surface area (Å²) in [6.45, 7) is 3.22. The molecule has 2 aromatic rings. The quantitative estimate of drug-likeness (QED) is 0.583. The first-order valence-corrected chi connectivity index (χ1v) is 8.22. The summed E-state index contributed by atoms with van der Waals surface area (Å²) in [6.07, 6.45) is 6.06. The maximum Gasteiger partial charge on any atom is 0.243 e. The van der Waals surface area contributed by atoms with Gasteiger partial charge in [-0.15, -0.1) is 0 Å². The Hall–Kier alpha value is -1.71. The van der Waals surface area contributed by atoms with Gasteiger partial charge in [0.2, 0.25) is 10.0 Å². The van der Waals surface area contributed by atoms with Crippen LogP contribution in [0.2, 0.25) is 0 Å². The highest BCUT2D eigenvalue weighted by Gasteiger charge is 2.15. The third kappa shape index (κ3) is 4.13. The van der Waals surface area contributed by atoms with Crippen molar-refractivity contribution in [3.63, 3.8) is 0 Å². The van der Waals surface area contributed by atoms with Crippen molar-refractivity contribution in [1.29, 1.82) is 0 Å². The number of aromatic amines is 1. The molecule has 0 saturated carbocycles. The Morgan fingerprint density at radius 2 is 2.24 bits per heavy atom. The van der Waals surface area contributed by atoms with Crippen LogP contribution < -0.4 is 10.5 Å². The Labute approximate surface area is 123 Å². The Morgan fingerprint density at radius 1 is 1.43 bits per heavy atom. The average Bonchev–Trinajstić information content (AvgIpc) is 3.05. The van der Waals surface area contributed by atoms with E-state index in [2.05, 4.69) is 20.0 Å². The fraction of sp³-hybridized carbons (Fsp3) is 0.500. The molecule has 8 nitrogen and oxygen atoms in total. The van der Waals surface area contributed by atoms with Crippen molar-refractivity contribution in [2.45, 2.75) is 31.2 Å². The van der Waals surface area contributed by atoms with Crippen LogP contribution in [0.15, 0.2) is 23.5 Å². The number of nitrogens with one attached hydrogen (secondary N) is 2. The third-order valence-corrected chi connectivity index (χ3v) is 4.54. The topological polar surface area (TPSA) is 119 Å². The van der Waals surface area contributed by atoms with E-state index in [1.165, 1.54) is 17.1 Å². The number of H-pyrrole nitrogens is 1. The molecule has 0 aliphatic carbocycles. The van der Waals surface area contributed by atoms with Gasteiger partial charge >= 0.3 is 0 Å². The standard InChI is InChI=1S/C12H20N6O2S/c1-10-11(7-14-17-10)3-2-5-16-21(19,20)12-8-15-18(9-12)6-4-13/h7-9,16H,2-6,13H2,1H3,(H,14,17). The van der Waals surface area contributed by atoms with Gasteiger partial charge in [0.05, 0.1) is 18.9 Å². The van der Waals surface area contributed by atoms with Crippen LogP contribution in [0.25, 0.3) is 0 Å². The third-order valence-electron chi connectivity index (χ3n) is 3.13. The average molecular weight is 312 g/mol. The summed E-state index contributed by atoms with van der Waals surface area (Å²) in [5.74, 6) is 0. The minimum atomic E-state index is -3.51. The first kappa shape index (κ1) is 15.7. The van der Waals surface area contributed by atoms with E-state index in [0.717, 1.165) is 17.7 Å². The van der Waals surface area contributed by atoms with Crippen molar-refractivity contribution in [1.82, 2.24) is 24.7 Å². The summed E-state index contributed by atoms with van der Waals surface area (Å²) in [6, 6.07) is 0. The normalized spacial score (nSPS) is 11.9. The largest absolute Gasteiger partial charge is 0.329 e. The lowest BCUT2D eigenvalue weighted by Gasteiger charge is -2.04. The molecular weight excluding hydrogens is 292 g/mol. The van der Waals surface area contributed by atoms with Gasteiger partial charge in [-0.2, -0.15) is 10.2 Å². The molecule has 2 rings (SSSR count). The van der Waals surface area contributed by atoms with E-state index < -0.39 is 10.0 Å². The number of nitrogens with two attached hydrogens (primary N) is 1. The Bertz CT molecular complexity index is 675. The van der Waals surface area contributed by atoms with Gasteiger partial charge in [-0.1, -0.05) is 0 Å². The van der Waals surface area contributed by atoms with Gasteiger partial charge in [-0.05, 0) is 25.3 Å². The Morgan fingerprint density at radius 3 is 2.90 bits per heavy atom. The zero-order valence-electron chi connectivity index (χ0n) is 11.9. The highest BCUT2D eigenvalue weighted by Crippen LogP contribution is 2.08. The van der Waals surface area contributed by atoms with Crippen molar-refractivity contribution >= 4 is 10.0 Å². The minimum absolute atomic E-state index is 0.162. The van der Waals surface area contributed by atoms with Gasteiger partial charge in [0.1, 0.15) is 4.90 Å². The van der Waals surface area contributed by atoms with Crippen LogP contribution in [0.1, 0.15) is 17.7 Å². The van der Waals surface area contributed by atoms with Crippen LogP contribution in [0.4, 0.5) is 0 Å². The highest BCUT2D eigenvalue weighted by atomic mass is 32.2. The first-order chi connectivity index (χ1) is 10.0. The maximum absolute atomic E-state index is 12.1. The number of sulfonamides is 1. The lowest BCUT2D eigenvalue weighted by atomic mass is 10.1.